The molecule has 3 N–H and O–H groups in total. The van der Waals surface area contributed by atoms with Gasteiger partial charge in [0.25, 0.3) is 21.8 Å². The second-order valence-corrected chi connectivity index (χ2v) is 7.65. The summed E-state index contributed by atoms with van der Waals surface area (Å²) in [6.45, 7) is 0. The number of amides is 2. The summed E-state index contributed by atoms with van der Waals surface area (Å²) in [6.07, 6.45) is 0. The summed E-state index contributed by atoms with van der Waals surface area (Å²) in [5.41, 5.74) is -0.930. The zero-order valence-corrected chi connectivity index (χ0v) is 16.7. The van der Waals surface area contributed by atoms with E-state index in [-0.39, 0.29) is 33.3 Å². The Balaban J connectivity index is 2.16. The van der Waals surface area contributed by atoms with Crippen LogP contribution in [0.15, 0.2) is 29.2 Å². The molecular formula is C18H16N2O9S. The number of hydrogen-bond acceptors (Lipinski definition) is 8. The van der Waals surface area contributed by atoms with E-state index in [1.54, 1.807) is 0 Å². The maximum absolute atomic E-state index is 12.9. The monoisotopic (exact) mass is 436 g/mol. The number of carboxylic acids is 1. The molecule has 0 radical (unpaired) electrons. The van der Waals surface area contributed by atoms with Crippen LogP contribution < -0.4 is 24.2 Å². The zero-order valence-electron chi connectivity index (χ0n) is 15.9. The largest absolute Gasteiger partial charge is 0.493 e. The van der Waals surface area contributed by atoms with Gasteiger partial charge in [0.15, 0.2) is 11.5 Å². The summed E-state index contributed by atoms with van der Waals surface area (Å²) in [6, 6.07) is 4.41. The van der Waals surface area contributed by atoms with Crippen molar-refractivity contribution in [2.45, 2.75) is 4.90 Å². The van der Waals surface area contributed by atoms with E-state index in [2.05, 4.69) is 10.0 Å². The molecule has 0 aliphatic carbocycles. The highest BCUT2D eigenvalue weighted by Gasteiger charge is 2.31. The van der Waals surface area contributed by atoms with Crippen molar-refractivity contribution in [1.82, 2.24) is 5.32 Å². The Labute approximate surface area is 170 Å². The van der Waals surface area contributed by atoms with Crippen molar-refractivity contribution in [3.05, 3.63) is 41.0 Å². The smallest absolute Gasteiger partial charge is 0.338 e. The molecule has 0 saturated carbocycles. The van der Waals surface area contributed by atoms with E-state index in [0.717, 1.165) is 18.2 Å². The van der Waals surface area contributed by atoms with Crippen molar-refractivity contribution in [2.24, 2.45) is 0 Å². The Hall–Kier alpha value is -3.80. The molecule has 3 rings (SSSR count). The molecule has 11 nitrogen and oxygen atoms in total. The summed E-state index contributed by atoms with van der Waals surface area (Å²) >= 11 is 0. The maximum atomic E-state index is 12.9. The van der Waals surface area contributed by atoms with Gasteiger partial charge in [0.2, 0.25) is 5.75 Å². The number of hydrogen-bond donors (Lipinski definition) is 3. The minimum absolute atomic E-state index is 0.0161. The van der Waals surface area contributed by atoms with Gasteiger partial charge in [-0.3, -0.25) is 19.6 Å². The minimum Gasteiger partial charge on any atom is -0.493 e. The van der Waals surface area contributed by atoms with Crippen molar-refractivity contribution in [2.75, 3.05) is 26.1 Å². The molecule has 0 unspecified atom stereocenters. The molecule has 1 heterocycles. The number of anilines is 1. The lowest BCUT2D eigenvalue weighted by Crippen LogP contribution is -2.20. The van der Waals surface area contributed by atoms with Crippen molar-refractivity contribution < 1.29 is 42.1 Å². The van der Waals surface area contributed by atoms with Gasteiger partial charge in [-0.2, -0.15) is 0 Å². The molecule has 12 heteroatoms. The number of nitrogens with one attached hydrogen (secondary N) is 2. The zero-order chi connectivity index (χ0) is 22.2. The third-order valence-corrected chi connectivity index (χ3v) is 5.66. The minimum atomic E-state index is -4.39. The number of rotatable bonds is 7. The third kappa shape index (κ3) is 3.37. The number of carboxylic acid groups (broad SMARTS) is 1. The Kier molecular flexibility index (Phi) is 5.27. The van der Waals surface area contributed by atoms with Gasteiger partial charge in [0.1, 0.15) is 5.69 Å². The predicted molar refractivity (Wildman–Crippen MR) is 102 cm³/mol. The van der Waals surface area contributed by atoms with E-state index in [0.29, 0.717) is 0 Å². The molecule has 1 aliphatic rings. The summed E-state index contributed by atoms with van der Waals surface area (Å²) in [7, 11) is -0.635. The first-order chi connectivity index (χ1) is 14.1. The SMILES string of the molecule is COc1cc(C(=O)O)c(NS(=O)(=O)c2ccc3c(c2)C(=O)NC3=O)c(OC)c1OC. The number of carbonyl (C=O) groups is 3. The quantitative estimate of drug-likeness (QED) is 0.540. The molecule has 2 aromatic carbocycles. The van der Waals surface area contributed by atoms with E-state index in [1.807, 2.05) is 0 Å². The van der Waals surface area contributed by atoms with Gasteiger partial charge in [-0.1, -0.05) is 0 Å². The number of sulfonamides is 1. The number of aromatic carboxylic acids is 1. The Bertz CT molecular complexity index is 1190. The van der Waals surface area contributed by atoms with Gasteiger partial charge in [-0.05, 0) is 18.2 Å². The molecule has 2 aromatic rings. The fraction of sp³-hybridized carbons (Fsp3) is 0.167. The lowest BCUT2D eigenvalue weighted by atomic mass is 10.1. The van der Waals surface area contributed by atoms with E-state index < -0.39 is 39.1 Å². The normalized spacial score (nSPS) is 12.8. The molecule has 2 amide bonds. The number of benzene rings is 2. The second-order valence-electron chi connectivity index (χ2n) is 5.97. The summed E-state index contributed by atoms with van der Waals surface area (Å²) in [4.78, 5) is 34.9. The van der Waals surface area contributed by atoms with Gasteiger partial charge in [0.05, 0.1) is 42.9 Å². The lowest BCUT2D eigenvalue weighted by molar-refractivity contribution is 0.0696. The standard InChI is InChI=1S/C18H16N2O9S/c1-27-12-7-11(18(23)24)13(15(29-3)14(12)28-2)20-30(25,26)8-4-5-9-10(6-8)17(22)19-16(9)21/h4-7,20H,1-3H3,(H,23,24)(H,19,21,22). The highest BCUT2D eigenvalue weighted by Crippen LogP contribution is 2.46. The van der Waals surface area contributed by atoms with Crippen LogP contribution in [0.2, 0.25) is 0 Å². The molecule has 158 valence electrons. The molecule has 0 aromatic heterocycles. The molecule has 0 spiro atoms. The van der Waals surface area contributed by atoms with E-state index >= 15 is 0 Å². The van der Waals surface area contributed by atoms with Crippen molar-refractivity contribution in [3.63, 3.8) is 0 Å². The summed E-state index contributed by atoms with van der Waals surface area (Å²) < 4.78 is 43.5. The molecular weight excluding hydrogens is 420 g/mol. The number of methoxy groups -OCH3 is 3. The fourth-order valence-corrected chi connectivity index (χ4v) is 4.04. The van der Waals surface area contributed by atoms with Crippen LogP contribution in [-0.4, -0.2) is 52.6 Å². The van der Waals surface area contributed by atoms with Gasteiger partial charge >= 0.3 is 5.97 Å². The topological polar surface area (TPSA) is 157 Å². The van der Waals surface area contributed by atoms with E-state index in [9.17, 15) is 27.9 Å². The number of ether oxygens (including phenoxy) is 3. The average Bonchev–Trinajstić information content (AvgIpc) is 3.00. The fourth-order valence-electron chi connectivity index (χ4n) is 2.93. The van der Waals surface area contributed by atoms with Crippen LogP contribution in [-0.2, 0) is 10.0 Å². The van der Waals surface area contributed by atoms with Crippen molar-refractivity contribution in [1.29, 1.82) is 0 Å². The first-order valence-electron chi connectivity index (χ1n) is 8.23. The molecule has 0 bridgehead atoms. The highest BCUT2D eigenvalue weighted by molar-refractivity contribution is 7.92. The highest BCUT2D eigenvalue weighted by atomic mass is 32.2. The van der Waals surface area contributed by atoms with Crippen LogP contribution in [0.3, 0.4) is 0 Å². The molecule has 30 heavy (non-hydrogen) atoms. The Morgan fingerprint density at radius 3 is 2.17 bits per heavy atom. The maximum Gasteiger partial charge on any atom is 0.338 e. The molecule has 0 atom stereocenters. The lowest BCUT2D eigenvalue weighted by Gasteiger charge is -2.19. The predicted octanol–water partition coefficient (Wildman–Crippen LogP) is 1.09. The van der Waals surface area contributed by atoms with Gasteiger partial charge in [0, 0.05) is 6.07 Å². The van der Waals surface area contributed by atoms with Crippen LogP contribution in [0, 0.1) is 0 Å². The van der Waals surface area contributed by atoms with E-state index in [4.69, 9.17) is 14.2 Å². The van der Waals surface area contributed by atoms with Crippen molar-refractivity contribution in [3.8, 4) is 17.2 Å². The van der Waals surface area contributed by atoms with Crippen LogP contribution in [0.25, 0.3) is 0 Å². The molecule has 0 fully saturated rings. The number of fused-ring (bicyclic) bond motifs is 1. The van der Waals surface area contributed by atoms with Gasteiger partial charge < -0.3 is 19.3 Å². The number of imide groups is 1. The first-order valence-corrected chi connectivity index (χ1v) is 9.71. The first kappa shape index (κ1) is 20.9. The molecule has 1 aliphatic heterocycles. The van der Waals surface area contributed by atoms with Crippen LogP contribution in [0.4, 0.5) is 5.69 Å². The number of carbonyl (C=O) groups excluding carboxylic acids is 2. The Morgan fingerprint density at radius 2 is 1.60 bits per heavy atom. The molecule has 0 saturated heterocycles. The van der Waals surface area contributed by atoms with E-state index in [1.165, 1.54) is 27.4 Å². The van der Waals surface area contributed by atoms with Crippen LogP contribution in [0.5, 0.6) is 17.2 Å². The third-order valence-electron chi connectivity index (χ3n) is 4.31. The van der Waals surface area contributed by atoms with Crippen molar-refractivity contribution >= 4 is 33.5 Å². The van der Waals surface area contributed by atoms with Crippen LogP contribution in [0.1, 0.15) is 31.1 Å². The summed E-state index contributed by atoms with van der Waals surface area (Å²) in [5.74, 6) is -3.05. The van der Waals surface area contributed by atoms with Gasteiger partial charge in [-0.25, -0.2) is 13.2 Å². The Morgan fingerprint density at radius 1 is 0.967 bits per heavy atom. The second kappa shape index (κ2) is 7.55. The average molecular weight is 436 g/mol. The van der Waals surface area contributed by atoms with Crippen LogP contribution >= 0.6 is 0 Å². The van der Waals surface area contributed by atoms with Gasteiger partial charge in [-0.15, -0.1) is 0 Å². The summed E-state index contributed by atoms with van der Waals surface area (Å²) in [5, 5.41) is 11.6.